The van der Waals surface area contributed by atoms with Crippen molar-refractivity contribution in [3.05, 3.63) is 36.5 Å². The molecule has 0 amide bonds. The molecule has 0 heterocycles. The molecule has 0 aromatic carbocycles. The zero-order valence-electron chi connectivity index (χ0n) is 31.0. The summed E-state index contributed by atoms with van der Waals surface area (Å²) in [5.41, 5.74) is 0.571. The molecule has 0 unspecified atom stereocenters. The standard InChI is InChI=1S/C14H22O5.C12H18O6.C10H14O5/c1-3-19-14(17)10(2)8-18-9-11-4-6-12(7-5-11)13(15)16;1-4-17-12(15)9(2)8-16-5-6-18-11(14)7-10(3)13;1-4-14-10(13)7(2)6-15-9(12)5-8(3)11/h11-12H,2-9H2,1H3,(H,15,16);2,4-8H2,1,3H3;2,4-6H2,1,3H3. The van der Waals surface area contributed by atoms with Crippen LogP contribution in [0.3, 0.4) is 0 Å². The Morgan fingerprint density at radius 2 is 0.962 bits per heavy atom. The fraction of sp³-hybridized carbons (Fsp3) is 0.611. The van der Waals surface area contributed by atoms with E-state index in [-0.39, 0.29) is 87.7 Å². The first-order chi connectivity index (χ1) is 24.5. The summed E-state index contributed by atoms with van der Waals surface area (Å²) in [6, 6.07) is 0. The number of hydrogen-bond acceptors (Lipinski definition) is 15. The first-order valence-electron chi connectivity index (χ1n) is 16.7. The topological polar surface area (TPSA) is 221 Å². The number of rotatable bonds is 22. The summed E-state index contributed by atoms with van der Waals surface area (Å²) in [4.78, 5) is 87.1. The lowest BCUT2D eigenvalue weighted by atomic mass is 9.82. The number of ether oxygens (including phenoxy) is 7. The summed E-state index contributed by atoms with van der Waals surface area (Å²) in [5, 5.41) is 8.89. The molecular formula is C36H54O16. The molecule has 1 fully saturated rings. The first-order valence-corrected chi connectivity index (χ1v) is 16.7. The predicted octanol–water partition coefficient (Wildman–Crippen LogP) is 3.29. The van der Waals surface area contributed by atoms with E-state index in [0.29, 0.717) is 37.5 Å². The van der Waals surface area contributed by atoms with Gasteiger partial charge in [0.2, 0.25) is 0 Å². The number of ketones is 2. The number of hydrogen-bond donors (Lipinski definition) is 1. The van der Waals surface area contributed by atoms with Gasteiger partial charge in [0, 0.05) is 6.61 Å². The number of carboxylic acids is 1. The molecule has 16 heteroatoms. The summed E-state index contributed by atoms with van der Waals surface area (Å²) in [5.74, 6) is -3.86. The van der Waals surface area contributed by atoms with Crippen molar-refractivity contribution in [2.24, 2.45) is 11.8 Å². The summed E-state index contributed by atoms with van der Waals surface area (Å²) in [6.45, 7) is 19.7. The van der Waals surface area contributed by atoms with Gasteiger partial charge in [0.25, 0.3) is 0 Å². The summed E-state index contributed by atoms with van der Waals surface area (Å²) < 4.78 is 34.0. The van der Waals surface area contributed by atoms with Gasteiger partial charge in [-0.15, -0.1) is 0 Å². The Hall–Kier alpha value is -4.70. The maximum Gasteiger partial charge on any atom is 0.336 e. The first kappa shape index (κ1) is 49.4. The van der Waals surface area contributed by atoms with Crippen molar-refractivity contribution in [1.29, 1.82) is 0 Å². The van der Waals surface area contributed by atoms with Crippen molar-refractivity contribution in [3.63, 3.8) is 0 Å². The number of carbonyl (C=O) groups excluding carboxylic acids is 7. The van der Waals surface area contributed by atoms with E-state index in [2.05, 4.69) is 29.2 Å². The van der Waals surface area contributed by atoms with Crippen molar-refractivity contribution >= 4 is 47.4 Å². The van der Waals surface area contributed by atoms with Crippen LogP contribution in [0.1, 0.15) is 73.1 Å². The molecule has 0 aromatic rings. The molecule has 1 aliphatic rings. The highest BCUT2D eigenvalue weighted by molar-refractivity contribution is 5.95. The Balaban J connectivity index is 0. The van der Waals surface area contributed by atoms with E-state index >= 15 is 0 Å². The molecule has 0 aliphatic heterocycles. The highest BCUT2D eigenvalue weighted by Gasteiger charge is 2.26. The highest BCUT2D eigenvalue weighted by Crippen LogP contribution is 2.29. The normalized spacial score (nSPS) is 14.3. The van der Waals surface area contributed by atoms with Crippen LogP contribution in [0.15, 0.2) is 36.5 Å². The van der Waals surface area contributed by atoms with Gasteiger partial charge in [-0.25, -0.2) is 14.4 Å². The third-order valence-electron chi connectivity index (χ3n) is 6.48. The SMILES string of the molecule is C=C(COC(=O)CC(C)=O)C(=O)OCC.C=C(COCC1CCC(C(=O)O)CC1)C(=O)OCC.C=C(COCCOC(=O)CC(C)=O)C(=O)OCC. The van der Waals surface area contributed by atoms with Crippen LogP contribution >= 0.6 is 0 Å². The highest BCUT2D eigenvalue weighted by atomic mass is 16.6. The minimum atomic E-state index is -0.699. The molecular weight excluding hydrogens is 688 g/mol. The van der Waals surface area contributed by atoms with E-state index in [4.69, 9.17) is 28.8 Å². The molecule has 0 radical (unpaired) electrons. The lowest BCUT2D eigenvalue weighted by Gasteiger charge is -2.25. The van der Waals surface area contributed by atoms with E-state index in [1.807, 2.05) is 0 Å². The molecule has 0 aromatic heterocycles. The Kier molecular flexibility index (Phi) is 28.5. The van der Waals surface area contributed by atoms with Crippen molar-refractivity contribution in [3.8, 4) is 0 Å². The van der Waals surface area contributed by atoms with Crippen LogP contribution in [0, 0.1) is 11.8 Å². The van der Waals surface area contributed by atoms with E-state index in [1.165, 1.54) is 13.8 Å². The summed E-state index contributed by atoms with van der Waals surface area (Å²) in [6.07, 6.45) is 2.61. The van der Waals surface area contributed by atoms with E-state index < -0.39 is 35.8 Å². The number of aliphatic carboxylic acids is 1. The van der Waals surface area contributed by atoms with Gasteiger partial charge in [-0.05, 0) is 66.2 Å². The lowest BCUT2D eigenvalue weighted by Crippen LogP contribution is -2.24. The van der Waals surface area contributed by atoms with Crippen LogP contribution in [0.5, 0.6) is 0 Å². The molecule has 294 valence electrons. The van der Waals surface area contributed by atoms with Gasteiger partial charge in [-0.1, -0.05) is 19.7 Å². The Labute approximate surface area is 304 Å². The van der Waals surface area contributed by atoms with Crippen LogP contribution < -0.4 is 0 Å². The van der Waals surface area contributed by atoms with Gasteiger partial charge in [-0.3, -0.25) is 24.0 Å². The minimum Gasteiger partial charge on any atom is -0.481 e. The molecule has 1 rings (SSSR count). The molecule has 1 saturated carbocycles. The molecule has 52 heavy (non-hydrogen) atoms. The van der Waals surface area contributed by atoms with E-state index in [9.17, 15) is 38.4 Å². The number of carboxylic acid groups (broad SMARTS) is 1. The number of carbonyl (C=O) groups is 8. The minimum absolute atomic E-state index is 0.0170. The number of Topliss-reactive ketones (excluding diaryl/α,β-unsaturated/α-hetero) is 2. The number of esters is 5. The summed E-state index contributed by atoms with van der Waals surface area (Å²) in [7, 11) is 0. The largest absolute Gasteiger partial charge is 0.481 e. The van der Waals surface area contributed by atoms with Crippen LogP contribution in [-0.2, 0) is 71.5 Å². The van der Waals surface area contributed by atoms with E-state index in [1.54, 1.807) is 20.8 Å². The van der Waals surface area contributed by atoms with Gasteiger partial charge >= 0.3 is 35.8 Å². The van der Waals surface area contributed by atoms with Gasteiger partial charge in [-0.2, -0.15) is 0 Å². The molecule has 0 saturated heterocycles. The van der Waals surface area contributed by atoms with Crippen molar-refractivity contribution < 1.29 is 76.6 Å². The lowest BCUT2D eigenvalue weighted by molar-refractivity contribution is -0.148. The molecule has 0 atom stereocenters. The van der Waals surface area contributed by atoms with E-state index in [0.717, 1.165) is 12.8 Å². The molecule has 0 spiro atoms. The third-order valence-corrected chi connectivity index (χ3v) is 6.48. The monoisotopic (exact) mass is 742 g/mol. The fourth-order valence-corrected chi connectivity index (χ4v) is 3.89. The molecule has 1 N–H and O–H groups in total. The van der Waals surface area contributed by atoms with Crippen molar-refractivity contribution in [2.75, 3.05) is 59.5 Å². The Morgan fingerprint density at radius 1 is 0.558 bits per heavy atom. The van der Waals surface area contributed by atoms with Crippen LogP contribution in [-0.4, -0.2) is 112 Å². The van der Waals surface area contributed by atoms with Crippen molar-refractivity contribution in [1.82, 2.24) is 0 Å². The van der Waals surface area contributed by atoms with Gasteiger partial charge in [0.15, 0.2) is 0 Å². The van der Waals surface area contributed by atoms with Crippen LogP contribution in [0.25, 0.3) is 0 Å². The zero-order chi connectivity index (χ0) is 40.1. The second-order valence-corrected chi connectivity index (χ2v) is 11.2. The molecule has 1 aliphatic carbocycles. The van der Waals surface area contributed by atoms with Gasteiger partial charge < -0.3 is 38.3 Å². The van der Waals surface area contributed by atoms with Gasteiger partial charge in [0.1, 0.15) is 37.6 Å². The maximum atomic E-state index is 11.3. The second-order valence-electron chi connectivity index (χ2n) is 11.2. The Morgan fingerprint density at radius 3 is 1.37 bits per heavy atom. The second kappa shape index (κ2) is 30.0. The molecule has 0 bridgehead atoms. The van der Waals surface area contributed by atoms with Crippen LogP contribution in [0.4, 0.5) is 0 Å². The van der Waals surface area contributed by atoms with Crippen LogP contribution in [0.2, 0.25) is 0 Å². The average molecular weight is 743 g/mol. The smallest absolute Gasteiger partial charge is 0.336 e. The summed E-state index contributed by atoms with van der Waals surface area (Å²) >= 11 is 0. The Bertz CT molecular complexity index is 1230. The predicted molar refractivity (Wildman–Crippen MR) is 185 cm³/mol. The quantitative estimate of drug-likeness (QED) is 0.0553. The average Bonchev–Trinajstić information content (AvgIpc) is 3.07. The third kappa shape index (κ3) is 27.1. The molecule has 16 nitrogen and oxygen atoms in total. The fourth-order valence-electron chi connectivity index (χ4n) is 3.89. The zero-order valence-corrected chi connectivity index (χ0v) is 31.0. The van der Waals surface area contributed by atoms with Crippen molar-refractivity contribution in [2.45, 2.75) is 73.1 Å². The maximum absolute atomic E-state index is 11.3. The van der Waals surface area contributed by atoms with Gasteiger partial charge in [0.05, 0.1) is 62.3 Å².